The molecule has 1 N–H and O–H groups in total. The number of ether oxygens (including phenoxy) is 2. The van der Waals surface area contributed by atoms with Crippen molar-refractivity contribution in [3.8, 4) is 5.75 Å². The van der Waals surface area contributed by atoms with Crippen LogP contribution in [0.3, 0.4) is 0 Å². The molecular formula is C22H25N3O4. The van der Waals surface area contributed by atoms with Gasteiger partial charge in [0, 0.05) is 19.6 Å². The lowest BCUT2D eigenvalue weighted by molar-refractivity contribution is -0.153. The topological polar surface area (TPSA) is 71.1 Å². The van der Waals surface area contributed by atoms with Crippen molar-refractivity contribution in [2.24, 2.45) is 0 Å². The molecule has 0 bridgehead atoms. The first-order valence-corrected chi connectivity index (χ1v) is 9.75. The van der Waals surface area contributed by atoms with Gasteiger partial charge in [0.2, 0.25) is 5.91 Å². The summed E-state index contributed by atoms with van der Waals surface area (Å²) in [6.07, 6.45) is -0.159. The van der Waals surface area contributed by atoms with E-state index in [-0.39, 0.29) is 30.7 Å². The average Bonchev–Trinajstić information content (AvgIpc) is 3.20. The smallest absolute Gasteiger partial charge is 0.317 e. The van der Waals surface area contributed by atoms with Crippen molar-refractivity contribution in [2.75, 3.05) is 26.8 Å². The van der Waals surface area contributed by atoms with Crippen LogP contribution >= 0.6 is 0 Å². The van der Waals surface area contributed by atoms with Crippen molar-refractivity contribution in [1.82, 2.24) is 15.1 Å². The number of hydrogen-bond acceptors (Lipinski definition) is 4. The van der Waals surface area contributed by atoms with E-state index in [1.165, 1.54) is 0 Å². The number of nitrogens with zero attached hydrogens (tertiary/aromatic N) is 2. The SMILES string of the molecule is COc1ccc(CN2C(=O)COC3CN(C(=O)NCc4ccccc4)CC32)cc1. The molecule has 2 saturated heterocycles. The number of nitrogens with one attached hydrogen (secondary N) is 1. The van der Waals surface area contributed by atoms with Gasteiger partial charge in [-0.2, -0.15) is 0 Å². The van der Waals surface area contributed by atoms with E-state index in [1.807, 2.05) is 59.5 Å². The number of amides is 3. The molecule has 2 atom stereocenters. The predicted octanol–water partition coefficient (Wildman–Crippen LogP) is 2.02. The number of rotatable bonds is 5. The number of morpholine rings is 1. The normalized spacial score (nSPS) is 21.1. The van der Waals surface area contributed by atoms with Crippen LogP contribution in [0.15, 0.2) is 54.6 Å². The second-order valence-corrected chi connectivity index (χ2v) is 7.34. The lowest BCUT2D eigenvalue weighted by Crippen LogP contribution is -2.53. The molecule has 2 fully saturated rings. The largest absolute Gasteiger partial charge is 0.497 e. The zero-order valence-electron chi connectivity index (χ0n) is 16.4. The molecular weight excluding hydrogens is 370 g/mol. The molecule has 2 aromatic carbocycles. The molecule has 4 rings (SSSR count). The number of carbonyl (C=O) groups excluding carboxylic acids is 2. The average molecular weight is 395 g/mol. The van der Waals surface area contributed by atoms with Crippen molar-refractivity contribution in [2.45, 2.75) is 25.2 Å². The Balaban J connectivity index is 1.39. The first-order valence-electron chi connectivity index (χ1n) is 9.75. The highest BCUT2D eigenvalue weighted by Crippen LogP contribution is 2.26. The molecule has 0 spiro atoms. The molecule has 0 saturated carbocycles. The van der Waals surface area contributed by atoms with Crippen LogP contribution in [0.1, 0.15) is 11.1 Å². The lowest BCUT2D eigenvalue weighted by atomic mass is 10.1. The summed E-state index contributed by atoms with van der Waals surface area (Å²) in [5.41, 5.74) is 2.07. The summed E-state index contributed by atoms with van der Waals surface area (Å²) in [5, 5.41) is 2.95. The minimum Gasteiger partial charge on any atom is -0.497 e. The number of fused-ring (bicyclic) bond motifs is 1. The molecule has 2 heterocycles. The van der Waals surface area contributed by atoms with E-state index in [4.69, 9.17) is 9.47 Å². The van der Waals surface area contributed by atoms with Crippen LogP contribution in [0.25, 0.3) is 0 Å². The maximum atomic E-state index is 12.6. The van der Waals surface area contributed by atoms with Crippen molar-refractivity contribution < 1.29 is 19.1 Å². The third-order valence-corrected chi connectivity index (χ3v) is 5.46. The second-order valence-electron chi connectivity index (χ2n) is 7.34. The summed E-state index contributed by atoms with van der Waals surface area (Å²) in [5.74, 6) is 0.732. The third-order valence-electron chi connectivity index (χ3n) is 5.46. The van der Waals surface area contributed by atoms with Gasteiger partial charge in [-0.25, -0.2) is 4.79 Å². The molecule has 2 aliphatic heterocycles. The molecule has 7 nitrogen and oxygen atoms in total. The van der Waals surface area contributed by atoms with E-state index >= 15 is 0 Å². The summed E-state index contributed by atoms with van der Waals surface area (Å²) < 4.78 is 10.9. The maximum Gasteiger partial charge on any atom is 0.317 e. The van der Waals surface area contributed by atoms with Crippen LogP contribution in [0, 0.1) is 0 Å². The fourth-order valence-corrected chi connectivity index (χ4v) is 3.85. The van der Waals surface area contributed by atoms with Gasteiger partial charge in [-0.1, -0.05) is 42.5 Å². The van der Waals surface area contributed by atoms with Gasteiger partial charge in [-0.15, -0.1) is 0 Å². The quantitative estimate of drug-likeness (QED) is 0.841. The molecule has 0 aromatic heterocycles. The second kappa shape index (κ2) is 8.53. The van der Waals surface area contributed by atoms with Gasteiger partial charge in [-0.05, 0) is 23.3 Å². The van der Waals surface area contributed by atoms with Gasteiger partial charge >= 0.3 is 6.03 Å². The fourth-order valence-electron chi connectivity index (χ4n) is 3.85. The summed E-state index contributed by atoms with van der Waals surface area (Å²) in [6.45, 7) is 1.97. The van der Waals surface area contributed by atoms with Crippen molar-refractivity contribution >= 4 is 11.9 Å². The molecule has 0 radical (unpaired) electrons. The first kappa shape index (κ1) is 19.3. The van der Waals surface area contributed by atoms with Crippen LogP contribution in [-0.4, -0.2) is 60.7 Å². The van der Waals surface area contributed by atoms with Gasteiger partial charge in [-0.3, -0.25) is 4.79 Å². The highest BCUT2D eigenvalue weighted by molar-refractivity contribution is 5.79. The number of likely N-dealkylation sites (tertiary alicyclic amines) is 1. The summed E-state index contributed by atoms with van der Waals surface area (Å²) in [7, 11) is 1.63. The minimum absolute atomic E-state index is 0.0476. The molecule has 7 heteroatoms. The van der Waals surface area contributed by atoms with Gasteiger partial charge in [0.1, 0.15) is 12.4 Å². The summed E-state index contributed by atoms with van der Waals surface area (Å²) in [4.78, 5) is 28.7. The monoisotopic (exact) mass is 395 g/mol. The number of hydrogen-bond donors (Lipinski definition) is 1. The van der Waals surface area contributed by atoms with E-state index in [0.29, 0.717) is 26.2 Å². The van der Waals surface area contributed by atoms with Crippen LogP contribution < -0.4 is 10.1 Å². The minimum atomic E-state index is -0.159. The van der Waals surface area contributed by atoms with E-state index in [2.05, 4.69) is 5.32 Å². The van der Waals surface area contributed by atoms with Crippen LogP contribution in [0.5, 0.6) is 5.75 Å². The number of methoxy groups -OCH3 is 1. The van der Waals surface area contributed by atoms with Crippen molar-refractivity contribution in [1.29, 1.82) is 0 Å². The summed E-state index contributed by atoms with van der Waals surface area (Å²) >= 11 is 0. The molecule has 2 aromatic rings. The highest BCUT2D eigenvalue weighted by Gasteiger charge is 2.44. The predicted molar refractivity (Wildman–Crippen MR) is 107 cm³/mol. The Kier molecular flexibility index (Phi) is 5.67. The van der Waals surface area contributed by atoms with E-state index in [9.17, 15) is 9.59 Å². The van der Waals surface area contributed by atoms with Gasteiger partial charge in [0.05, 0.1) is 25.8 Å². The van der Waals surface area contributed by atoms with Gasteiger partial charge in [0.25, 0.3) is 0 Å². The highest BCUT2D eigenvalue weighted by atomic mass is 16.5. The van der Waals surface area contributed by atoms with Gasteiger partial charge < -0.3 is 24.6 Å². The molecule has 2 unspecified atom stereocenters. The lowest BCUT2D eigenvalue weighted by Gasteiger charge is -2.36. The molecule has 29 heavy (non-hydrogen) atoms. The molecule has 0 aliphatic carbocycles. The summed E-state index contributed by atoms with van der Waals surface area (Å²) in [6, 6.07) is 17.2. The fraction of sp³-hybridized carbons (Fsp3) is 0.364. The third kappa shape index (κ3) is 4.35. The van der Waals surface area contributed by atoms with Crippen molar-refractivity contribution in [3.05, 3.63) is 65.7 Å². The zero-order valence-corrected chi connectivity index (χ0v) is 16.4. The standard InChI is InChI=1S/C22H25N3O4/c1-28-18-9-7-17(8-10-18)12-25-19-13-24(14-20(19)29-15-21(25)26)22(27)23-11-16-5-3-2-4-6-16/h2-10,19-20H,11-15H2,1H3,(H,23,27). The Labute approximate surface area is 170 Å². The number of carbonyl (C=O) groups is 2. The Morgan fingerprint density at radius 3 is 2.59 bits per heavy atom. The number of urea groups is 1. The van der Waals surface area contributed by atoms with E-state index in [0.717, 1.165) is 16.9 Å². The number of benzene rings is 2. The Morgan fingerprint density at radius 1 is 1.10 bits per heavy atom. The van der Waals surface area contributed by atoms with Crippen LogP contribution in [0.4, 0.5) is 4.79 Å². The Hall–Kier alpha value is -3.06. The van der Waals surface area contributed by atoms with Gasteiger partial charge in [0.15, 0.2) is 0 Å². The van der Waals surface area contributed by atoms with Crippen molar-refractivity contribution in [3.63, 3.8) is 0 Å². The van der Waals surface area contributed by atoms with Crippen LogP contribution in [0.2, 0.25) is 0 Å². The Bertz CT molecular complexity index is 856. The molecule has 3 amide bonds. The zero-order chi connectivity index (χ0) is 20.2. The van der Waals surface area contributed by atoms with Crippen LogP contribution in [-0.2, 0) is 22.6 Å². The molecule has 2 aliphatic rings. The molecule has 152 valence electrons. The van der Waals surface area contributed by atoms with E-state index < -0.39 is 0 Å². The Morgan fingerprint density at radius 2 is 1.86 bits per heavy atom. The maximum absolute atomic E-state index is 12.6. The van der Waals surface area contributed by atoms with E-state index in [1.54, 1.807) is 12.0 Å². The first-order chi connectivity index (χ1) is 14.1.